The number of aliphatic hydroxyl groups is 1. The Morgan fingerprint density at radius 1 is 1.13 bits per heavy atom. The molecule has 2 aromatic heterocycles. The highest BCUT2D eigenvalue weighted by molar-refractivity contribution is 6.30. The largest absolute Gasteiger partial charge is 0.382 e. The summed E-state index contributed by atoms with van der Waals surface area (Å²) in [6, 6.07) is 8.50. The lowest BCUT2D eigenvalue weighted by atomic mass is 9.80. The van der Waals surface area contributed by atoms with Crippen LogP contribution in [0, 0.1) is 17.5 Å². The first-order chi connectivity index (χ1) is 14.8. The van der Waals surface area contributed by atoms with Gasteiger partial charge in [0.15, 0.2) is 0 Å². The number of hydrogen-bond acceptors (Lipinski definition) is 6. The lowest BCUT2D eigenvalue weighted by Gasteiger charge is -2.33. The molecule has 2 heterocycles. The number of tetrazole rings is 1. The molecule has 0 aliphatic rings. The highest BCUT2D eigenvalue weighted by atomic mass is 35.5. The van der Waals surface area contributed by atoms with E-state index in [9.17, 15) is 18.3 Å². The molecule has 0 fully saturated rings. The zero-order valence-electron chi connectivity index (χ0n) is 16.0. The quantitative estimate of drug-likeness (QED) is 0.477. The predicted molar refractivity (Wildman–Crippen MR) is 103 cm³/mol. The normalized spacial score (nSPS) is 14.4. The molecule has 0 spiro atoms. The lowest BCUT2D eigenvalue weighted by Crippen LogP contribution is -2.38. The Bertz CT molecular complexity index is 1220. The third-order valence-corrected chi connectivity index (χ3v) is 5.39. The summed E-state index contributed by atoms with van der Waals surface area (Å²) in [7, 11) is 0. The minimum absolute atomic E-state index is 0.0385. The van der Waals surface area contributed by atoms with Crippen molar-refractivity contribution < 1.29 is 22.8 Å². The van der Waals surface area contributed by atoms with Crippen molar-refractivity contribution in [2.45, 2.75) is 25.0 Å². The van der Waals surface area contributed by atoms with Crippen LogP contribution in [0.5, 0.6) is 0 Å². The summed E-state index contributed by atoms with van der Waals surface area (Å²) in [5.41, 5.74) is -1.41. The Kier molecular flexibility index (Phi) is 5.50. The minimum atomic E-state index is -1.94. The molecule has 2 aromatic carbocycles. The van der Waals surface area contributed by atoms with Crippen molar-refractivity contribution in [3.05, 3.63) is 82.6 Å². The van der Waals surface area contributed by atoms with Crippen LogP contribution in [0.15, 0.2) is 53.3 Å². The van der Waals surface area contributed by atoms with Gasteiger partial charge >= 0.3 is 0 Å². The van der Waals surface area contributed by atoms with Crippen LogP contribution in [0.1, 0.15) is 24.2 Å². The van der Waals surface area contributed by atoms with E-state index in [-0.39, 0.29) is 22.9 Å². The average molecular weight is 450 g/mol. The monoisotopic (exact) mass is 449 g/mol. The summed E-state index contributed by atoms with van der Waals surface area (Å²) in [4.78, 5) is 0. The van der Waals surface area contributed by atoms with E-state index in [0.29, 0.717) is 17.3 Å². The van der Waals surface area contributed by atoms with E-state index >= 15 is 0 Å². The van der Waals surface area contributed by atoms with Crippen molar-refractivity contribution in [1.29, 1.82) is 0 Å². The second-order valence-corrected chi connectivity index (χ2v) is 7.43. The second-order valence-electron chi connectivity index (χ2n) is 7.02. The fourth-order valence-corrected chi connectivity index (χ4v) is 3.43. The average Bonchev–Trinajstić information content (AvgIpc) is 3.41. The van der Waals surface area contributed by atoms with E-state index in [1.807, 2.05) is 0 Å². The van der Waals surface area contributed by atoms with Gasteiger partial charge in [0, 0.05) is 23.3 Å². The molecule has 0 saturated carbocycles. The van der Waals surface area contributed by atoms with Crippen LogP contribution in [0.4, 0.5) is 13.2 Å². The number of rotatable bonds is 6. The van der Waals surface area contributed by atoms with Gasteiger partial charge in [-0.25, -0.2) is 17.9 Å². The molecule has 0 amide bonds. The third kappa shape index (κ3) is 4.04. The Morgan fingerprint density at radius 3 is 2.61 bits per heavy atom. The number of hydrogen-bond donors (Lipinski definition) is 1. The summed E-state index contributed by atoms with van der Waals surface area (Å²) >= 11 is 5.71. The molecule has 0 bridgehead atoms. The van der Waals surface area contributed by atoms with E-state index < -0.39 is 29.0 Å². The van der Waals surface area contributed by atoms with Gasteiger partial charge in [0.25, 0.3) is 0 Å². The van der Waals surface area contributed by atoms with E-state index in [4.69, 9.17) is 16.1 Å². The smallest absolute Gasteiger partial charge is 0.143 e. The minimum Gasteiger partial charge on any atom is -0.382 e. The fraction of sp³-hybridized carbons (Fsp3) is 0.200. The van der Waals surface area contributed by atoms with Crippen LogP contribution < -0.4 is 0 Å². The van der Waals surface area contributed by atoms with Crippen LogP contribution in [-0.2, 0) is 12.1 Å². The van der Waals surface area contributed by atoms with Crippen LogP contribution in [0.25, 0.3) is 11.3 Å². The Hall–Kier alpha value is -3.24. The number of halogens is 4. The molecule has 0 aliphatic heterocycles. The summed E-state index contributed by atoms with van der Waals surface area (Å²) in [5.74, 6) is -3.05. The first kappa shape index (κ1) is 21.0. The van der Waals surface area contributed by atoms with Gasteiger partial charge in [-0.1, -0.05) is 35.8 Å². The van der Waals surface area contributed by atoms with Crippen LogP contribution in [0.3, 0.4) is 0 Å². The highest BCUT2D eigenvalue weighted by Gasteiger charge is 2.42. The van der Waals surface area contributed by atoms with Crippen molar-refractivity contribution in [3.8, 4) is 11.3 Å². The van der Waals surface area contributed by atoms with Crippen LogP contribution >= 0.6 is 11.6 Å². The molecule has 2 atom stereocenters. The van der Waals surface area contributed by atoms with Crippen molar-refractivity contribution in [1.82, 2.24) is 25.4 Å². The molecule has 0 aliphatic carbocycles. The number of benzene rings is 2. The van der Waals surface area contributed by atoms with Crippen LogP contribution in [0.2, 0.25) is 5.02 Å². The summed E-state index contributed by atoms with van der Waals surface area (Å²) in [6.45, 7) is 1.33. The van der Waals surface area contributed by atoms with Gasteiger partial charge in [-0.05, 0) is 28.6 Å². The summed E-state index contributed by atoms with van der Waals surface area (Å²) < 4.78 is 48.5. The maximum Gasteiger partial charge on any atom is 0.143 e. The molecule has 4 rings (SSSR count). The van der Waals surface area contributed by atoms with E-state index in [1.54, 1.807) is 13.0 Å². The molecular weight excluding hydrogens is 435 g/mol. The molecule has 1 N–H and O–H groups in total. The van der Waals surface area contributed by atoms with E-state index in [2.05, 4.69) is 20.7 Å². The van der Waals surface area contributed by atoms with E-state index in [1.165, 1.54) is 29.2 Å². The predicted octanol–water partition coefficient (Wildman–Crippen LogP) is 4.09. The van der Waals surface area contributed by atoms with Crippen molar-refractivity contribution in [2.24, 2.45) is 0 Å². The van der Waals surface area contributed by atoms with Gasteiger partial charge in [0.05, 0.1) is 17.5 Å². The molecule has 0 radical (unpaired) electrons. The molecule has 0 saturated heterocycles. The Labute approximate surface area is 179 Å². The standard InChI is InChI=1S/C20H15ClF3N5O2/c1-11(19-8-18(26-31-19)12-2-5-15(21)17(24)6-12)20(30,9-29-10-25-27-28-29)14-4-3-13(22)7-16(14)23/h2-8,10-11,30H,9H2,1H3/t11-,20+/m0/s1. The van der Waals surface area contributed by atoms with Gasteiger partial charge in [-0.2, -0.15) is 0 Å². The Balaban J connectivity index is 1.75. The molecule has 31 heavy (non-hydrogen) atoms. The maximum absolute atomic E-state index is 14.6. The first-order valence-corrected chi connectivity index (χ1v) is 9.46. The zero-order chi connectivity index (χ0) is 22.2. The maximum atomic E-state index is 14.6. The molecule has 4 aromatic rings. The van der Waals surface area contributed by atoms with Gasteiger partial charge < -0.3 is 9.63 Å². The molecule has 0 unspecified atom stereocenters. The summed E-state index contributed by atoms with van der Waals surface area (Å²) in [5, 5.41) is 26.2. The van der Waals surface area contributed by atoms with Gasteiger partial charge in [-0.3, -0.25) is 0 Å². The van der Waals surface area contributed by atoms with Crippen molar-refractivity contribution in [2.75, 3.05) is 0 Å². The summed E-state index contributed by atoms with van der Waals surface area (Å²) in [6.07, 6.45) is 1.25. The van der Waals surface area contributed by atoms with Gasteiger partial charge in [0.2, 0.25) is 0 Å². The first-order valence-electron chi connectivity index (χ1n) is 9.08. The SMILES string of the molecule is C[C@@H](c1cc(-c2ccc(Cl)c(F)c2)no1)[C@](O)(Cn1cnnn1)c1ccc(F)cc1F. The highest BCUT2D eigenvalue weighted by Crippen LogP contribution is 2.40. The van der Waals surface area contributed by atoms with Gasteiger partial charge in [-0.15, -0.1) is 5.10 Å². The van der Waals surface area contributed by atoms with Crippen molar-refractivity contribution in [3.63, 3.8) is 0 Å². The van der Waals surface area contributed by atoms with Crippen molar-refractivity contribution >= 4 is 11.6 Å². The second kappa shape index (κ2) is 8.12. The zero-order valence-corrected chi connectivity index (χ0v) is 16.8. The molecule has 11 heteroatoms. The lowest BCUT2D eigenvalue weighted by molar-refractivity contribution is -0.0185. The molecule has 160 valence electrons. The number of aromatic nitrogens is 5. The molecular formula is C20H15ClF3N5O2. The van der Waals surface area contributed by atoms with E-state index in [0.717, 1.165) is 12.1 Å². The Morgan fingerprint density at radius 2 is 1.94 bits per heavy atom. The number of nitrogens with zero attached hydrogens (tertiary/aromatic N) is 5. The fourth-order valence-electron chi connectivity index (χ4n) is 3.32. The third-order valence-electron chi connectivity index (χ3n) is 5.08. The topological polar surface area (TPSA) is 89.9 Å². The molecule has 7 nitrogen and oxygen atoms in total. The van der Waals surface area contributed by atoms with Gasteiger partial charge in [0.1, 0.15) is 40.8 Å². The van der Waals surface area contributed by atoms with Crippen LogP contribution in [-0.4, -0.2) is 30.5 Å².